The summed E-state index contributed by atoms with van der Waals surface area (Å²) >= 11 is 0. The number of rotatable bonds is 5. The van der Waals surface area contributed by atoms with Crippen LogP contribution >= 0.6 is 0 Å². The average Bonchev–Trinajstić information content (AvgIpc) is 3.40. The number of hydrogen-bond donors (Lipinski definition) is 0. The van der Waals surface area contributed by atoms with E-state index in [2.05, 4.69) is 0 Å². The summed E-state index contributed by atoms with van der Waals surface area (Å²) in [4.78, 5) is 12.3. The van der Waals surface area contributed by atoms with Gasteiger partial charge in [0.1, 0.15) is 0 Å². The fraction of sp³-hybridized carbons (Fsp3) is 0.211. The second-order valence-corrected chi connectivity index (χ2v) is 5.24. The number of ether oxygens (including phenoxy) is 2. The van der Waals surface area contributed by atoms with Crippen molar-refractivity contribution in [1.82, 2.24) is 0 Å². The van der Waals surface area contributed by atoms with Gasteiger partial charge >= 0.3 is 5.97 Å². The van der Waals surface area contributed by atoms with Crippen LogP contribution in [-0.4, -0.2) is 25.8 Å². The van der Waals surface area contributed by atoms with Gasteiger partial charge in [0.15, 0.2) is 0 Å². The van der Waals surface area contributed by atoms with E-state index in [1.54, 1.807) is 0 Å². The van der Waals surface area contributed by atoms with Crippen molar-refractivity contribution in [2.45, 2.75) is 12.5 Å². The molecule has 0 spiro atoms. The van der Waals surface area contributed by atoms with E-state index in [-0.39, 0.29) is 12.1 Å². The third-order valence-corrected chi connectivity index (χ3v) is 3.69. The molecule has 3 heteroatoms. The lowest BCUT2D eigenvalue weighted by molar-refractivity contribution is -0.136. The summed E-state index contributed by atoms with van der Waals surface area (Å²) in [5.41, 5.74) is 3.61. The second kappa shape index (κ2) is 6.58. The maximum absolute atomic E-state index is 12.3. The highest BCUT2D eigenvalue weighted by Gasteiger charge is 2.29. The zero-order valence-electron chi connectivity index (χ0n) is 12.5. The predicted molar refractivity (Wildman–Crippen MR) is 85.3 cm³/mol. The minimum atomic E-state index is -0.293. The molecule has 1 aliphatic rings. The Morgan fingerprint density at radius 3 is 1.95 bits per heavy atom. The van der Waals surface area contributed by atoms with Gasteiger partial charge in [-0.15, -0.1) is 0 Å². The molecule has 3 nitrogen and oxygen atoms in total. The Bertz CT molecular complexity index is 629. The van der Waals surface area contributed by atoms with Gasteiger partial charge in [0, 0.05) is 12.0 Å². The highest BCUT2D eigenvalue weighted by atomic mass is 16.6. The molecule has 2 aromatic rings. The Hall–Kier alpha value is -2.39. The molecule has 0 radical (unpaired) electrons. The monoisotopic (exact) mass is 294 g/mol. The quantitative estimate of drug-likeness (QED) is 0.481. The summed E-state index contributed by atoms with van der Waals surface area (Å²) in [7, 11) is 1.42. The summed E-state index contributed by atoms with van der Waals surface area (Å²) in [6, 6.07) is 19.9. The Kier molecular flexibility index (Phi) is 4.35. The van der Waals surface area contributed by atoms with E-state index in [1.807, 2.05) is 60.7 Å². The number of esters is 1. The van der Waals surface area contributed by atoms with Crippen molar-refractivity contribution in [3.8, 4) is 0 Å². The van der Waals surface area contributed by atoms with Gasteiger partial charge in [-0.2, -0.15) is 0 Å². The number of methoxy groups -OCH3 is 1. The van der Waals surface area contributed by atoms with Crippen LogP contribution in [0.4, 0.5) is 0 Å². The highest BCUT2D eigenvalue weighted by Crippen LogP contribution is 2.32. The van der Waals surface area contributed by atoms with Gasteiger partial charge in [0.05, 0.1) is 19.8 Å². The minimum absolute atomic E-state index is 0.122. The van der Waals surface area contributed by atoms with Crippen LogP contribution in [-0.2, 0) is 14.3 Å². The van der Waals surface area contributed by atoms with Crippen LogP contribution in [0, 0.1) is 0 Å². The molecule has 0 saturated carbocycles. The molecule has 2 aromatic carbocycles. The summed E-state index contributed by atoms with van der Waals surface area (Å²) in [5.74, 6) is -0.293. The van der Waals surface area contributed by atoms with Gasteiger partial charge in [0.25, 0.3) is 0 Å². The zero-order valence-corrected chi connectivity index (χ0v) is 12.5. The molecule has 22 heavy (non-hydrogen) atoms. The van der Waals surface area contributed by atoms with Crippen molar-refractivity contribution < 1.29 is 14.3 Å². The molecular weight excluding hydrogens is 276 g/mol. The van der Waals surface area contributed by atoms with Crippen molar-refractivity contribution in [1.29, 1.82) is 0 Å². The van der Waals surface area contributed by atoms with E-state index < -0.39 is 0 Å². The average molecular weight is 294 g/mol. The first-order valence-electron chi connectivity index (χ1n) is 7.33. The number of epoxide rings is 1. The standard InChI is InChI=1S/C19H18O3/c1-21-19(20)17(12-16-13-22-16)18(14-8-4-2-5-9-14)15-10-6-3-7-11-15/h2-11,16H,12-13H2,1H3. The van der Waals surface area contributed by atoms with E-state index in [0.29, 0.717) is 18.6 Å². The van der Waals surface area contributed by atoms with Gasteiger partial charge in [-0.05, 0) is 16.7 Å². The number of carbonyl (C=O) groups excluding carboxylic acids is 1. The van der Waals surface area contributed by atoms with Crippen molar-refractivity contribution in [3.05, 3.63) is 77.4 Å². The summed E-state index contributed by atoms with van der Waals surface area (Å²) in [6.07, 6.45) is 0.697. The maximum Gasteiger partial charge on any atom is 0.334 e. The van der Waals surface area contributed by atoms with E-state index in [4.69, 9.17) is 9.47 Å². The van der Waals surface area contributed by atoms with Crippen LogP contribution in [0.1, 0.15) is 17.5 Å². The van der Waals surface area contributed by atoms with Crippen molar-refractivity contribution in [2.75, 3.05) is 13.7 Å². The molecule has 1 aliphatic heterocycles. The molecule has 1 unspecified atom stereocenters. The second-order valence-electron chi connectivity index (χ2n) is 5.24. The number of carbonyl (C=O) groups is 1. The summed E-state index contributed by atoms with van der Waals surface area (Å²) in [6.45, 7) is 0.706. The van der Waals surface area contributed by atoms with E-state index in [1.165, 1.54) is 7.11 Å². The van der Waals surface area contributed by atoms with Gasteiger partial charge in [-0.1, -0.05) is 60.7 Å². The maximum atomic E-state index is 12.3. The fourth-order valence-corrected chi connectivity index (χ4v) is 2.55. The smallest absolute Gasteiger partial charge is 0.334 e. The van der Waals surface area contributed by atoms with Gasteiger partial charge in [0.2, 0.25) is 0 Å². The van der Waals surface area contributed by atoms with Crippen molar-refractivity contribution in [2.24, 2.45) is 0 Å². The Morgan fingerprint density at radius 2 is 1.55 bits per heavy atom. The molecule has 0 aromatic heterocycles. The largest absolute Gasteiger partial charge is 0.466 e. The first-order valence-corrected chi connectivity index (χ1v) is 7.33. The molecule has 1 fully saturated rings. The normalized spacial score (nSPS) is 16.0. The summed E-state index contributed by atoms with van der Waals surface area (Å²) in [5, 5.41) is 0. The Balaban J connectivity index is 2.16. The van der Waals surface area contributed by atoms with Crippen LogP contribution in [0.2, 0.25) is 0 Å². The fourth-order valence-electron chi connectivity index (χ4n) is 2.55. The van der Waals surface area contributed by atoms with Crippen molar-refractivity contribution in [3.63, 3.8) is 0 Å². The van der Waals surface area contributed by atoms with Crippen LogP contribution in [0.3, 0.4) is 0 Å². The first kappa shape index (κ1) is 14.5. The molecule has 0 aliphatic carbocycles. The number of benzene rings is 2. The lowest BCUT2D eigenvalue weighted by Crippen LogP contribution is -2.11. The summed E-state index contributed by atoms with van der Waals surface area (Å²) < 4.78 is 10.3. The van der Waals surface area contributed by atoms with Crippen LogP contribution in [0.25, 0.3) is 5.57 Å². The molecule has 1 atom stereocenters. The van der Waals surface area contributed by atoms with E-state index in [0.717, 1.165) is 16.7 Å². The molecule has 112 valence electrons. The molecular formula is C19H18O3. The minimum Gasteiger partial charge on any atom is -0.466 e. The highest BCUT2D eigenvalue weighted by molar-refractivity contribution is 6.01. The third kappa shape index (κ3) is 3.26. The van der Waals surface area contributed by atoms with Crippen molar-refractivity contribution >= 4 is 11.5 Å². The molecule has 3 rings (SSSR count). The first-order chi connectivity index (χ1) is 10.8. The lowest BCUT2D eigenvalue weighted by atomic mass is 9.91. The molecule has 0 amide bonds. The molecule has 1 heterocycles. The third-order valence-electron chi connectivity index (χ3n) is 3.69. The van der Waals surface area contributed by atoms with Crippen LogP contribution in [0.15, 0.2) is 66.2 Å². The van der Waals surface area contributed by atoms with Gasteiger partial charge < -0.3 is 9.47 Å². The van der Waals surface area contributed by atoms with Crippen LogP contribution in [0.5, 0.6) is 0 Å². The number of hydrogen-bond acceptors (Lipinski definition) is 3. The molecule has 0 bridgehead atoms. The molecule has 0 N–H and O–H groups in total. The zero-order chi connectivity index (χ0) is 15.4. The van der Waals surface area contributed by atoms with Crippen LogP contribution < -0.4 is 0 Å². The lowest BCUT2D eigenvalue weighted by Gasteiger charge is -2.14. The molecule has 1 saturated heterocycles. The topological polar surface area (TPSA) is 38.8 Å². The van der Waals surface area contributed by atoms with E-state index >= 15 is 0 Å². The van der Waals surface area contributed by atoms with Gasteiger partial charge in [-0.3, -0.25) is 0 Å². The van der Waals surface area contributed by atoms with Gasteiger partial charge in [-0.25, -0.2) is 4.79 Å². The predicted octanol–water partition coefficient (Wildman–Crippen LogP) is 3.45. The SMILES string of the molecule is COC(=O)C(CC1CO1)=C(c1ccccc1)c1ccccc1. The Labute approximate surface area is 130 Å². The Morgan fingerprint density at radius 1 is 1.05 bits per heavy atom. The van der Waals surface area contributed by atoms with E-state index in [9.17, 15) is 4.79 Å².